The molecule has 1 aromatic rings. The van der Waals surface area contributed by atoms with E-state index in [-0.39, 0.29) is 12.1 Å². The Bertz CT molecular complexity index is 349. The van der Waals surface area contributed by atoms with E-state index in [1.807, 2.05) is 0 Å². The van der Waals surface area contributed by atoms with Gasteiger partial charge in [0.25, 0.3) is 0 Å². The van der Waals surface area contributed by atoms with Crippen molar-refractivity contribution in [2.24, 2.45) is 0 Å². The van der Waals surface area contributed by atoms with Crippen LogP contribution in [0.2, 0.25) is 0 Å². The first kappa shape index (κ1) is 14.0. The lowest BCUT2D eigenvalue weighted by atomic mass is 9.95. The average molecular weight is 245 g/mol. The van der Waals surface area contributed by atoms with Gasteiger partial charge >= 0.3 is 0 Å². The monoisotopic (exact) mass is 245 g/mol. The SMILES string of the molecule is COCCNCC(C)(O)c1c(F)cccc1F. The molecule has 0 saturated heterocycles. The minimum absolute atomic E-state index is 0.0498. The van der Waals surface area contributed by atoms with Crippen molar-refractivity contribution in [3.05, 3.63) is 35.4 Å². The Labute approximate surface area is 99.4 Å². The molecule has 0 amide bonds. The lowest BCUT2D eigenvalue weighted by Gasteiger charge is -2.25. The summed E-state index contributed by atoms with van der Waals surface area (Å²) >= 11 is 0. The molecule has 0 aromatic heterocycles. The van der Waals surface area contributed by atoms with Gasteiger partial charge in [-0.15, -0.1) is 0 Å². The summed E-state index contributed by atoms with van der Waals surface area (Å²) in [6, 6.07) is 3.52. The fraction of sp³-hybridized carbons (Fsp3) is 0.500. The Hall–Kier alpha value is -1.04. The standard InChI is InChI=1S/C12H17F2NO2/c1-12(16,8-15-6-7-17-2)11-9(13)4-3-5-10(11)14/h3-5,15-16H,6-8H2,1-2H3. The van der Waals surface area contributed by atoms with Crippen LogP contribution >= 0.6 is 0 Å². The predicted molar refractivity (Wildman–Crippen MR) is 60.7 cm³/mol. The van der Waals surface area contributed by atoms with Gasteiger partial charge < -0.3 is 15.2 Å². The van der Waals surface area contributed by atoms with Crippen molar-refractivity contribution >= 4 is 0 Å². The average Bonchev–Trinajstić information content (AvgIpc) is 2.24. The first-order valence-electron chi connectivity index (χ1n) is 5.35. The number of aliphatic hydroxyl groups is 1. The van der Waals surface area contributed by atoms with Crippen LogP contribution in [0, 0.1) is 11.6 Å². The van der Waals surface area contributed by atoms with Gasteiger partial charge in [0.1, 0.15) is 17.2 Å². The van der Waals surface area contributed by atoms with Crippen molar-refractivity contribution in [3.63, 3.8) is 0 Å². The Morgan fingerprint density at radius 3 is 2.47 bits per heavy atom. The van der Waals surface area contributed by atoms with Crippen LogP contribution in [-0.4, -0.2) is 31.9 Å². The van der Waals surface area contributed by atoms with E-state index in [1.165, 1.54) is 13.0 Å². The third-order valence-corrected chi connectivity index (χ3v) is 2.45. The second-order valence-electron chi connectivity index (χ2n) is 4.04. The Kier molecular flexibility index (Phi) is 4.99. The molecule has 17 heavy (non-hydrogen) atoms. The van der Waals surface area contributed by atoms with Crippen molar-refractivity contribution < 1.29 is 18.6 Å². The highest BCUT2D eigenvalue weighted by Gasteiger charge is 2.29. The lowest BCUT2D eigenvalue weighted by Crippen LogP contribution is -2.38. The van der Waals surface area contributed by atoms with E-state index in [1.54, 1.807) is 7.11 Å². The number of methoxy groups -OCH3 is 1. The van der Waals surface area contributed by atoms with Crippen LogP contribution in [0.1, 0.15) is 12.5 Å². The van der Waals surface area contributed by atoms with Crippen LogP contribution in [0.3, 0.4) is 0 Å². The highest BCUT2D eigenvalue weighted by atomic mass is 19.1. The maximum atomic E-state index is 13.5. The summed E-state index contributed by atoms with van der Waals surface area (Å²) < 4.78 is 31.8. The van der Waals surface area contributed by atoms with Gasteiger partial charge in [-0.25, -0.2) is 8.78 Å². The predicted octanol–water partition coefficient (Wildman–Crippen LogP) is 1.41. The molecule has 0 aliphatic carbocycles. The number of nitrogens with one attached hydrogen (secondary N) is 1. The summed E-state index contributed by atoms with van der Waals surface area (Å²) in [5, 5.41) is 12.9. The summed E-state index contributed by atoms with van der Waals surface area (Å²) in [4.78, 5) is 0. The molecule has 0 heterocycles. The second kappa shape index (κ2) is 6.05. The van der Waals surface area contributed by atoms with E-state index in [2.05, 4.69) is 5.32 Å². The summed E-state index contributed by atoms with van der Waals surface area (Å²) in [5.74, 6) is -1.49. The highest BCUT2D eigenvalue weighted by molar-refractivity contribution is 5.25. The van der Waals surface area contributed by atoms with E-state index in [0.29, 0.717) is 13.2 Å². The topological polar surface area (TPSA) is 41.5 Å². The normalized spacial score (nSPS) is 14.6. The van der Waals surface area contributed by atoms with E-state index < -0.39 is 17.2 Å². The molecule has 1 rings (SSSR count). The third kappa shape index (κ3) is 3.73. The third-order valence-electron chi connectivity index (χ3n) is 2.45. The van der Waals surface area contributed by atoms with Crippen LogP contribution in [-0.2, 0) is 10.3 Å². The quantitative estimate of drug-likeness (QED) is 0.745. The molecule has 0 spiro atoms. The first-order chi connectivity index (χ1) is 7.99. The number of hydrogen-bond donors (Lipinski definition) is 2. The van der Waals surface area contributed by atoms with Crippen LogP contribution in [0.15, 0.2) is 18.2 Å². The zero-order valence-corrected chi connectivity index (χ0v) is 9.96. The van der Waals surface area contributed by atoms with Gasteiger partial charge in [-0.1, -0.05) is 6.07 Å². The molecule has 0 aliphatic rings. The van der Waals surface area contributed by atoms with Crippen LogP contribution in [0.25, 0.3) is 0 Å². The Balaban J connectivity index is 2.75. The molecule has 0 fully saturated rings. The van der Waals surface area contributed by atoms with Gasteiger partial charge in [-0.05, 0) is 19.1 Å². The van der Waals surface area contributed by atoms with Crippen molar-refractivity contribution in [1.29, 1.82) is 0 Å². The van der Waals surface area contributed by atoms with E-state index in [9.17, 15) is 13.9 Å². The van der Waals surface area contributed by atoms with Crippen LogP contribution in [0.4, 0.5) is 8.78 Å². The molecule has 5 heteroatoms. The van der Waals surface area contributed by atoms with E-state index in [4.69, 9.17) is 4.74 Å². The lowest BCUT2D eigenvalue weighted by molar-refractivity contribution is 0.0475. The molecule has 1 aromatic carbocycles. The van der Waals surface area contributed by atoms with Crippen molar-refractivity contribution in [3.8, 4) is 0 Å². The number of rotatable bonds is 6. The van der Waals surface area contributed by atoms with Gasteiger partial charge in [0, 0.05) is 20.2 Å². The number of hydrogen-bond acceptors (Lipinski definition) is 3. The van der Waals surface area contributed by atoms with Crippen molar-refractivity contribution in [1.82, 2.24) is 5.32 Å². The molecule has 1 unspecified atom stereocenters. The fourth-order valence-electron chi connectivity index (χ4n) is 1.61. The van der Waals surface area contributed by atoms with Gasteiger partial charge in [-0.3, -0.25) is 0 Å². The number of ether oxygens (including phenoxy) is 1. The second-order valence-corrected chi connectivity index (χ2v) is 4.04. The Morgan fingerprint density at radius 1 is 1.35 bits per heavy atom. The molecule has 1 atom stereocenters. The maximum Gasteiger partial charge on any atom is 0.132 e. The summed E-state index contributed by atoms with van der Waals surface area (Å²) in [7, 11) is 1.55. The summed E-state index contributed by atoms with van der Waals surface area (Å²) in [6.45, 7) is 2.39. The minimum atomic E-state index is -1.59. The van der Waals surface area contributed by atoms with Gasteiger partial charge in [0.05, 0.1) is 12.2 Å². The van der Waals surface area contributed by atoms with E-state index >= 15 is 0 Å². The number of halogens is 2. The molecule has 0 aliphatic heterocycles. The molecule has 0 saturated carbocycles. The zero-order chi connectivity index (χ0) is 12.9. The molecule has 96 valence electrons. The summed E-state index contributed by atoms with van der Waals surface area (Å²) in [6.07, 6.45) is 0. The molecular weight excluding hydrogens is 228 g/mol. The van der Waals surface area contributed by atoms with Crippen molar-refractivity contribution in [2.75, 3.05) is 26.8 Å². The van der Waals surface area contributed by atoms with Gasteiger partial charge in [-0.2, -0.15) is 0 Å². The smallest absolute Gasteiger partial charge is 0.132 e. The van der Waals surface area contributed by atoms with Gasteiger partial charge in [0.2, 0.25) is 0 Å². The summed E-state index contributed by atoms with van der Waals surface area (Å²) in [5.41, 5.74) is -1.91. The maximum absolute atomic E-state index is 13.5. The molecule has 2 N–H and O–H groups in total. The number of benzene rings is 1. The molecular formula is C12H17F2NO2. The van der Waals surface area contributed by atoms with Gasteiger partial charge in [0.15, 0.2) is 0 Å². The fourth-order valence-corrected chi connectivity index (χ4v) is 1.61. The first-order valence-corrected chi connectivity index (χ1v) is 5.35. The molecule has 0 bridgehead atoms. The largest absolute Gasteiger partial charge is 0.384 e. The zero-order valence-electron chi connectivity index (χ0n) is 9.96. The molecule has 3 nitrogen and oxygen atoms in total. The van der Waals surface area contributed by atoms with Crippen LogP contribution < -0.4 is 5.32 Å². The van der Waals surface area contributed by atoms with Crippen LogP contribution in [0.5, 0.6) is 0 Å². The van der Waals surface area contributed by atoms with E-state index in [0.717, 1.165) is 12.1 Å². The highest BCUT2D eigenvalue weighted by Crippen LogP contribution is 2.25. The molecule has 0 radical (unpaired) electrons. The Morgan fingerprint density at radius 2 is 1.94 bits per heavy atom. The van der Waals surface area contributed by atoms with Crippen molar-refractivity contribution in [2.45, 2.75) is 12.5 Å². The minimum Gasteiger partial charge on any atom is -0.384 e.